The molecule has 0 spiro atoms. The van der Waals surface area contributed by atoms with Gasteiger partial charge in [-0.25, -0.2) is 8.42 Å². The van der Waals surface area contributed by atoms with Gasteiger partial charge in [-0.05, 0) is 135 Å². The van der Waals surface area contributed by atoms with Crippen molar-refractivity contribution >= 4 is 9.84 Å². The van der Waals surface area contributed by atoms with Gasteiger partial charge in [0.15, 0.2) is 15.4 Å². The average Bonchev–Trinajstić information content (AvgIpc) is 3.30. The molecule has 0 saturated heterocycles. The number of aliphatic hydroxyl groups excluding tert-OH is 1. The van der Waals surface area contributed by atoms with Crippen LogP contribution in [0, 0.1) is 52.3 Å². The molecule has 43 heavy (non-hydrogen) atoms. The molecule has 0 amide bonds. The van der Waals surface area contributed by atoms with E-state index in [1.54, 1.807) is 24.3 Å². The molecular formula is C35H53F3O4S. The lowest BCUT2D eigenvalue weighted by Gasteiger charge is -2.62. The van der Waals surface area contributed by atoms with Crippen molar-refractivity contribution in [1.82, 2.24) is 0 Å². The minimum Gasteiger partial charge on any atom is -0.393 e. The molecule has 11 atom stereocenters. The van der Waals surface area contributed by atoms with Crippen molar-refractivity contribution in [2.45, 2.75) is 133 Å². The number of aliphatic hydroxyl groups is 2. The Morgan fingerprint density at radius 3 is 2.16 bits per heavy atom. The smallest absolute Gasteiger partial charge is 0.393 e. The number of halogens is 3. The Hall–Kier alpha value is -1.12. The highest BCUT2D eigenvalue weighted by Crippen LogP contribution is 2.69. The van der Waals surface area contributed by atoms with Crippen LogP contribution in [0.2, 0.25) is 0 Å². The summed E-state index contributed by atoms with van der Waals surface area (Å²) < 4.78 is 69.0. The minimum atomic E-state index is -4.58. The van der Waals surface area contributed by atoms with E-state index in [9.17, 15) is 31.8 Å². The Kier molecular flexibility index (Phi) is 8.97. The lowest BCUT2D eigenvalue weighted by atomic mass is 9.43. The predicted molar refractivity (Wildman–Crippen MR) is 163 cm³/mol. The van der Waals surface area contributed by atoms with Crippen molar-refractivity contribution in [2.75, 3.05) is 0 Å². The molecule has 4 saturated carbocycles. The SMILES string of the molecule is CC(C)[C@H](O)CC(C[C@H](C)[C@@H]1CC[C@H]2[C@@H]3CC[C@H]4C[C@](O)(C(F)(F)F)CC[C@]4(C)[C@H]3CC[C@@]21C)S(=O)(=O)c1ccccc1. The standard InChI is InChI=1S/C35H53F3O4S/c1-22(2)31(39)20-26(43(41,42)25-9-7-6-8-10-25)19-23(3)28-13-14-29-27-12-11-24-21-34(40,35(36,37)38)18-17-32(24,4)30(27)15-16-33(28,29)5/h6-10,22-24,26-31,39-40H,11-21H2,1-5H3/t23-,24-,26?,27-,28-,29-,30-,31+,32-,33+,34-/m0/s1. The van der Waals surface area contributed by atoms with E-state index in [2.05, 4.69) is 20.8 Å². The van der Waals surface area contributed by atoms with Crippen molar-refractivity contribution in [3.8, 4) is 0 Å². The molecule has 4 aliphatic rings. The zero-order valence-corrected chi connectivity index (χ0v) is 27.4. The second-order valence-corrected chi connectivity index (χ2v) is 18.1. The molecule has 244 valence electrons. The highest BCUT2D eigenvalue weighted by atomic mass is 32.2. The van der Waals surface area contributed by atoms with Gasteiger partial charge >= 0.3 is 6.18 Å². The Labute approximate surface area is 257 Å². The molecule has 0 aliphatic heterocycles. The van der Waals surface area contributed by atoms with Gasteiger partial charge in [0.2, 0.25) is 0 Å². The molecular weight excluding hydrogens is 573 g/mol. The molecule has 0 radical (unpaired) electrons. The number of fused-ring (bicyclic) bond motifs is 5. The Balaban J connectivity index is 1.34. The van der Waals surface area contributed by atoms with Gasteiger partial charge in [0.05, 0.1) is 16.2 Å². The van der Waals surface area contributed by atoms with E-state index in [1.165, 1.54) is 0 Å². The molecule has 4 fully saturated rings. The van der Waals surface area contributed by atoms with E-state index in [4.69, 9.17) is 0 Å². The first-order valence-electron chi connectivity index (χ1n) is 16.7. The molecule has 5 rings (SSSR count). The van der Waals surface area contributed by atoms with Crippen LogP contribution in [0.25, 0.3) is 0 Å². The molecule has 4 aliphatic carbocycles. The van der Waals surface area contributed by atoms with Gasteiger partial charge in [-0.15, -0.1) is 0 Å². The van der Waals surface area contributed by atoms with Crippen molar-refractivity contribution in [1.29, 1.82) is 0 Å². The largest absolute Gasteiger partial charge is 0.417 e. The second-order valence-electron chi connectivity index (χ2n) is 15.9. The Bertz CT molecular complexity index is 1240. The molecule has 0 heterocycles. The van der Waals surface area contributed by atoms with Crippen molar-refractivity contribution in [2.24, 2.45) is 52.3 Å². The third-order valence-electron chi connectivity index (χ3n) is 13.4. The Morgan fingerprint density at radius 1 is 0.884 bits per heavy atom. The maximum absolute atomic E-state index is 13.9. The summed E-state index contributed by atoms with van der Waals surface area (Å²) in [5.41, 5.74) is -2.66. The van der Waals surface area contributed by atoms with Crippen molar-refractivity contribution in [3.63, 3.8) is 0 Å². The highest BCUT2D eigenvalue weighted by molar-refractivity contribution is 7.92. The topological polar surface area (TPSA) is 74.6 Å². The maximum atomic E-state index is 13.9. The van der Waals surface area contributed by atoms with Gasteiger partial charge < -0.3 is 10.2 Å². The third-order valence-corrected chi connectivity index (χ3v) is 15.6. The van der Waals surface area contributed by atoms with E-state index in [0.717, 1.165) is 38.5 Å². The van der Waals surface area contributed by atoms with Crippen LogP contribution in [0.3, 0.4) is 0 Å². The van der Waals surface area contributed by atoms with Crippen LogP contribution in [0.1, 0.15) is 105 Å². The fourth-order valence-corrected chi connectivity index (χ4v) is 12.7. The molecule has 0 bridgehead atoms. The number of hydrogen-bond donors (Lipinski definition) is 2. The van der Waals surface area contributed by atoms with E-state index in [-0.39, 0.29) is 47.8 Å². The van der Waals surface area contributed by atoms with E-state index in [1.807, 2.05) is 19.9 Å². The number of hydrogen-bond acceptors (Lipinski definition) is 4. The van der Waals surface area contributed by atoms with E-state index >= 15 is 0 Å². The van der Waals surface area contributed by atoms with E-state index < -0.39 is 33.0 Å². The first kappa shape index (κ1) is 33.2. The lowest BCUT2D eigenvalue weighted by Crippen LogP contribution is -2.59. The first-order chi connectivity index (χ1) is 19.9. The zero-order valence-electron chi connectivity index (χ0n) is 26.6. The molecule has 2 N–H and O–H groups in total. The number of benzene rings is 1. The van der Waals surface area contributed by atoms with Crippen LogP contribution in [0.5, 0.6) is 0 Å². The van der Waals surface area contributed by atoms with Crippen molar-refractivity contribution in [3.05, 3.63) is 30.3 Å². The quantitative estimate of drug-likeness (QED) is 0.305. The number of sulfone groups is 1. The van der Waals surface area contributed by atoms with Crippen molar-refractivity contribution < 1.29 is 31.8 Å². The fraction of sp³-hybridized carbons (Fsp3) is 0.829. The van der Waals surface area contributed by atoms with E-state index in [0.29, 0.717) is 41.4 Å². The van der Waals surface area contributed by atoms with Crippen LogP contribution in [0.15, 0.2) is 35.2 Å². The summed E-state index contributed by atoms with van der Waals surface area (Å²) in [6, 6.07) is 8.62. The summed E-state index contributed by atoms with van der Waals surface area (Å²) in [7, 11) is -3.62. The van der Waals surface area contributed by atoms with Crippen LogP contribution in [-0.2, 0) is 9.84 Å². The molecule has 0 aromatic heterocycles. The molecule has 1 unspecified atom stereocenters. The first-order valence-corrected chi connectivity index (χ1v) is 18.2. The number of alkyl halides is 3. The van der Waals surface area contributed by atoms with Gasteiger partial charge in [0, 0.05) is 0 Å². The summed E-state index contributed by atoms with van der Waals surface area (Å²) in [4.78, 5) is 0.314. The second kappa shape index (κ2) is 11.6. The van der Waals surface area contributed by atoms with Crippen LogP contribution < -0.4 is 0 Å². The summed E-state index contributed by atoms with van der Waals surface area (Å²) in [5, 5.41) is 20.7. The normalized spacial score (nSPS) is 40.3. The third kappa shape index (κ3) is 5.73. The summed E-state index contributed by atoms with van der Waals surface area (Å²) in [6.45, 7) is 10.7. The highest BCUT2D eigenvalue weighted by Gasteiger charge is 2.65. The van der Waals surface area contributed by atoms with Gasteiger partial charge in [0.25, 0.3) is 0 Å². The van der Waals surface area contributed by atoms with Crippen LogP contribution in [-0.4, -0.2) is 41.8 Å². The summed E-state index contributed by atoms with van der Waals surface area (Å²) in [5.74, 6) is 1.74. The fourth-order valence-electron chi connectivity index (χ4n) is 10.8. The number of rotatable bonds is 8. The molecule has 8 heteroatoms. The monoisotopic (exact) mass is 626 g/mol. The van der Waals surface area contributed by atoms with Gasteiger partial charge in [-0.2, -0.15) is 13.2 Å². The molecule has 1 aromatic carbocycles. The predicted octanol–water partition coefficient (Wildman–Crippen LogP) is 8.21. The Morgan fingerprint density at radius 2 is 1.53 bits per heavy atom. The zero-order chi connectivity index (χ0) is 31.6. The van der Waals surface area contributed by atoms with Gasteiger partial charge in [0.1, 0.15) is 0 Å². The average molecular weight is 627 g/mol. The summed E-state index contributed by atoms with van der Waals surface area (Å²) >= 11 is 0. The maximum Gasteiger partial charge on any atom is 0.417 e. The minimum absolute atomic E-state index is 0.0316. The van der Waals surface area contributed by atoms with Gasteiger partial charge in [-0.1, -0.05) is 52.8 Å². The van der Waals surface area contributed by atoms with Crippen LogP contribution >= 0.6 is 0 Å². The lowest BCUT2D eigenvalue weighted by molar-refractivity contribution is -0.290. The summed E-state index contributed by atoms with van der Waals surface area (Å²) in [6.07, 6.45) is 1.33. The van der Waals surface area contributed by atoms with Gasteiger partial charge in [-0.3, -0.25) is 0 Å². The molecule has 4 nitrogen and oxygen atoms in total. The molecule has 1 aromatic rings. The van der Waals surface area contributed by atoms with Crippen LogP contribution in [0.4, 0.5) is 13.2 Å².